The number of azo groups is 1. The highest BCUT2D eigenvalue weighted by molar-refractivity contribution is 5.44. The molecule has 0 aliphatic carbocycles. The quantitative estimate of drug-likeness (QED) is 0.630. The Morgan fingerprint density at radius 2 is 1.12 bits per heavy atom. The van der Waals surface area contributed by atoms with Crippen molar-refractivity contribution in [2.24, 2.45) is 21.7 Å². The standard InChI is InChI=1S/C22H32N4/c1-3-17-11-19(5-8-23)14-21(12-17)7-10-25-26-22-15-18(4-2)13-20(16-22)6-9-24/h11-16H,3-10,23-24H2,1-2H3. The molecule has 0 saturated heterocycles. The number of nitrogens with zero attached hydrogens (tertiary/aromatic N) is 2. The molecule has 0 spiro atoms. The minimum Gasteiger partial charge on any atom is -0.330 e. The highest BCUT2D eigenvalue weighted by Gasteiger charge is 2.02. The Hall–Kier alpha value is -2.04. The Bertz CT molecular complexity index is 722. The first-order valence-corrected chi connectivity index (χ1v) is 9.70. The van der Waals surface area contributed by atoms with E-state index in [4.69, 9.17) is 11.5 Å². The van der Waals surface area contributed by atoms with Crippen LogP contribution in [0.3, 0.4) is 0 Å². The van der Waals surface area contributed by atoms with E-state index in [1.165, 1.54) is 27.8 Å². The molecule has 0 radical (unpaired) electrons. The number of hydrogen-bond acceptors (Lipinski definition) is 4. The van der Waals surface area contributed by atoms with Crippen molar-refractivity contribution in [2.45, 2.75) is 46.0 Å². The molecule has 0 amide bonds. The summed E-state index contributed by atoms with van der Waals surface area (Å²) in [6.45, 7) is 6.37. The van der Waals surface area contributed by atoms with Crippen LogP contribution in [0, 0.1) is 0 Å². The minimum absolute atomic E-state index is 0.655. The van der Waals surface area contributed by atoms with Crippen molar-refractivity contribution in [1.29, 1.82) is 0 Å². The molecular weight excluding hydrogens is 320 g/mol. The van der Waals surface area contributed by atoms with Crippen LogP contribution in [0.1, 0.15) is 41.7 Å². The smallest absolute Gasteiger partial charge is 0.0858 e. The van der Waals surface area contributed by atoms with Gasteiger partial charge in [0.2, 0.25) is 0 Å². The summed E-state index contributed by atoms with van der Waals surface area (Å²) in [7, 11) is 0. The van der Waals surface area contributed by atoms with E-state index < -0.39 is 0 Å². The van der Waals surface area contributed by atoms with Gasteiger partial charge in [0.1, 0.15) is 0 Å². The van der Waals surface area contributed by atoms with Gasteiger partial charge in [0, 0.05) is 0 Å². The summed E-state index contributed by atoms with van der Waals surface area (Å²) < 4.78 is 0. The van der Waals surface area contributed by atoms with Gasteiger partial charge in [-0.05, 0) is 85.1 Å². The maximum atomic E-state index is 5.70. The zero-order chi connectivity index (χ0) is 18.8. The Labute approximate surface area is 157 Å². The second kappa shape index (κ2) is 10.8. The fourth-order valence-electron chi connectivity index (χ4n) is 3.13. The monoisotopic (exact) mass is 352 g/mol. The predicted octanol–water partition coefficient (Wildman–Crippen LogP) is 4.14. The van der Waals surface area contributed by atoms with Gasteiger partial charge in [0.05, 0.1) is 12.2 Å². The molecule has 0 bridgehead atoms. The molecule has 2 aromatic carbocycles. The summed E-state index contributed by atoms with van der Waals surface area (Å²) in [5.74, 6) is 0. The molecule has 4 nitrogen and oxygen atoms in total. The van der Waals surface area contributed by atoms with Crippen LogP contribution in [0.4, 0.5) is 5.69 Å². The minimum atomic E-state index is 0.655. The fraction of sp³-hybridized carbons (Fsp3) is 0.455. The fourth-order valence-corrected chi connectivity index (χ4v) is 3.13. The highest BCUT2D eigenvalue weighted by atomic mass is 15.1. The molecule has 2 rings (SSSR count). The van der Waals surface area contributed by atoms with E-state index >= 15 is 0 Å². The maximum absolute atomic E-state index is 5.70. The summed E-state index contributed by atoms with van der Waals surface area (Å²) >= 11 is 0. The lowest BCUT2D eigenvalue weighted by Gasteiger charge is -2.07. The average molecular weight is 353 g/mol. The molecule has 0 fully saturated rings. The summed E-state index contributed by atoms with van der Waals surface area (Å²) in [6, 6.07) is 13.2. The summed E-state index contributed by atoms with van der Waals surface area (Å²) in [5.41, 5.74) is 18.8. The van der Waals surface area contributed by atoms with Crippen LogP contribution >= 0.6 is 0 Å². The third-order valence-corrected chi connectivity index (χ3v) is 4.52. The zero-order valence-electron chi connectivity index (χ0n) is 16.2. The van der Waals surface area contributed by atoms with Gasteiger partial charge in [-0.15, -0.1) is 0 Å². The predicted molar refractivity (Wildman–Crippen MR) is 110 cm³/mol. The van der Waals surface area contributed by atoms with Crippen LogP contribution in [0.25, 0.3) is 0 Å². The van der Waals surface area contributed by atoms with Crippen LogP contribution in [-0.2, 0) is 32.1 Å². The zero-order valence-corrected chi connectivity index (χ0v) is 16.2. The number of benzene rings is 2. The van der Waals surface area contributed by atoms with E-state index in [0.29, 0.717) is 19.6 Å². The molecule has 0 aliphatic rings. The lowest BCUT2D eigenvalue weighted by Crippen LogP contribution is -2.04. The second-order valence-electron chi connectivity index (χ2n) is 6.66. The Balaban J connectivity index is 2.03. The molecule has 0 atom stereocenters. The van der Waals surface area contributed by atoms with E-state index in [1.54, 1.807) is 0 Å². The molecule has 2 aromatic rings. The summed E-state index contributed by atoms with van der Waals surface area (Å²) in [6.07, 6.45) is 4.74. The molecule has 4 N–H and O–H groups in total. The van der Waals surface area contributed by atoms with Crippen molar-refractivity contribution in [1.82, 2.24) is 0 Å². The van der Waals surface area contributed by atoms with Gasteiger partial charge in [-0.3, -0.25) is 0 Å². The molecule has 0 saturated carbocycles. The SMILES string of the molecule is CCc1cc(CCN)cc(CCN=Nc2cc(CC)cc(CCN)c2)c1. The lowest BCUT2D eigenvalue weighted by molar-refractivity contribution is 0.889. The maximum Gasteiger partial charge on any atom is 0.0858 e. The topological polar surface area (TPSA) is 76.8 Å². The van der Waals surface area contributed by atoms with Gasteiger partial charge >= 0.3 is 0 Å². The first kappa shape index (κ1) is 20.3. The molecule has 140 valence electrons. The third-order valence-electron chi connectivity index (χ3n) is 4.52. The molecule has 26 heavy (non-hydrogen) atoms. The van der Waals surface area contributed by atoms with Gasteiger partial charge in [0.25, 0.3) is 0 Å². The van der Waals surface area contributed by atoms with Crippen LogP contribution in [0.5, 0.6) is 0 Å². The molecule has 4 heteroatoms. The van der Waals surface area contributed by atoms with E-state index in [-0.39, 0.29) is 0 Å². The first-order chi connectivity index (χ1) is 12.7. The number of aryl methyl sites for hydroxylation is 2. The largest absolute Gasteiger partial charge is 0.330 e. The number of hydrogen-bond donors (Lipinski definition) is 2. The number of nitrogens with two attached hydrogens (primary N) is 2. The van der Waals surface area contributed by atoms with Gasteiger partial charge in [0.15, 0.2) is 0 Å². The van der Waals surface area contributed by atoms with Gasteiger partial charge in [-0.25, -0.2) is 0 Å². The molecule has 0 unspecified atom stereocenters. The van der Waals surface area contributed by atoms with Crippen LogP contribution in [0.2, 0.25) is 0 Å². The van der Waals surface area contributed by atoms with Crippen LogP contribution < -0.4 is 11.5 Å². The van der Waals surface area contributed by atoms with Crippen molar-refractivity contribution >= 4 is 5.69 Å². The van der Waals surface area contributed by atoms with E-state index in [0.717, 1.165) is 37.8 Å². The van der Waals surface area contributed by atoms with E-state index in [2.05, 4.69) is 60.5 Å². The first-order valence-electron chi connectivity index (χ1n) is 9.70. The van der Waals surface area contributed by atoms with E-state index in [1.807, 2.05) is 0 Å². The van der Waals surface area contributed by atoms with Crippen molar-refractivity contribution in [3.63, 3.8) is 0 Å². The number of rotatable bonds is 10. The Morgan fingerprint density at radius 1 is 0.654 bits per heavy atom. The highest BCUT2D eigenvalue weighted by Crippen LogP contribution is 2.19. The lowest BCUT2D eigenvalue weighted by atomic mass is 10.0. The van der Waals surface area contributed by atoms with Crippen molar-refractivity contribution in [3.8, 4) is 0 Å². The Morgan fingerprint density at radius 3 is 1.69 bits per heavy atom. The van der Waals surface area contributed by atoms with Crippen molar-refractivity contribution in [3.05, 3.63) is 64.2 Å². The molecule has 0 heterocycles. The summed E-state index contributed by atoms with van der Waals surface area (Å²) in [5, 5.41) is 8.85. The molecular formula is C22H32N4. The average Bonchev–Trinajstić information content (AvgIpc) is 2.65. The van der Waals surface area contributed by atoms with Gasteiger partial charge in [-0.2, -0.15) is 10.2 Å². The van der Waals surface area contributed by atoms with Crippen LogP contribution in [0.15, 0.2) is 46.6 Å². The normalized spacial score (nSPS) is 11.4. The molecule has 0 aliphatic heterocycles. The van der Waals surface area contributed by atoms with E-state index in [9.17, 15) is 0 Å². The third kappa shape index (κ3) is 6.36. The summed E-state index contributed by atoms with van der Waals surface area (Å²) in [4.78, 5) is 0. The van der Waals surface area contributed by atoms with Crippen molar-refractivity contribution in [2.75, 3.05) is 19.6 Å². The van der Waals surface area contributed by atoms with Gasteiger partial charge < -0.3 is 11.5 Å². The molecule has 0 aromatic heterocycles. The Kier molecular flexibility index (Phi) is 8.45. The van der Waals surface area contributed by atoms with Crippen molar-refractivity contribution < 1.29 is 0 Å². The second-order valence-corrected chi connectivity index (χ2v) is 6.66. The van der Waals surface area contributed by atoms with Crippen LogP contribution in [-0.4, -0.2) is 19.6 Å². The van der Waals surface area contributed by atoms with Gasteiger partial charge in [-0.1, -0.05) is 38.1 Å².